The van der Waals surface area contributed by atoms with Crippen LogP contribution in [0.5, 0.6) is 0 Å². The fraction of sp³-hybridized carbons (Fsp3) is 0.542. The highest BCUT2D eigenvalue weighted by Gasteiger charge is 2.59. The van der Waals surface area contributed by atoms with Crippen LogP contribution in [0.15, 0.2) is 35.5 Å². The van der Waals surface area contributed by atoms with Gasteiger partial charge in [0.2, 0.25) is 11.8 Å². The van der Waals surface area contributed by atoms with Crippen molar-refractivity contribution in [2.24, 2.45) is 28.8 Å². The fourth-order valence-corrected chi connectivity index (χ4v) is 5.33. The third-order valence-electron chi connectivity index (χ3n) is 6.79. The van der Waals surface area contributed by atoms with Crippen LogP contribution in [0.25, 0.3) is 0 Å². The number of fused-ring (bicyclic) bond motifs is 3. The molecule has 2 saturated carbocycles. The van der Waals surface area contributed by atoms with Gasteiger partial charge in [0, 0.05) is 24.7 Å². The summed E-state index contributed by atoms with van der Waals surface area (Å²) in [7, 11) is 0. The molecule has 0 bridgehead atoms. The van der Waals surface area contributed by atoms with Gasteiger partial charge in [0.15, 0.2) is 0 Å². The van der Waals surface area contributed by atoms with Gasteiger partial charge in [0.1, 0.15) is 6.61 Å². The van der Waals surface area contributed by atoms with E-state index >= 15 is 0 Å². The molecule has 0 aromatic heterocycles. The zero-order valence-electron chi connectivity index (χ0n) is 17.4. The highest BCUT2D eigenvalue weighted by molar-refractivity contribution is 6.06. The number of amides is 2. The van der Waals surface area contributed by atoms with Crippen LogP contribution in [0.1, 0.15) is 37.7 Å². The summed E-state index contributed by atoms with van der Waals surface area (Å²) in [6.07, 6.45) is 5.78. The Morgan fingerprint density at radius 3 is 2.61 bits per heavy atom. The number of imide groups is 1. The number of nitrogens with zero attached hydrogens (tertiary/aromatic N) is 2. The summed E-state index contributed by atoms with van der Waals surface area (Å²) >= 11 is 0. The van der Waals surface area contributed by atoms with E-state index in [1.165, 1.54) is 4.90 Å². The monoisotopic (exact) mass is 424 g/mol. The standard InChI is InChI=1S/C24H28N2O5/c1-2-3-7-12-31-25-18-13-19(27)22(28)20-16(18)10-11-17-21(20)24(30)26(23(17)29)14-15-8-5-4-6-9-15/h1,4-6,8-9,16-17,19-22,27-28H,3,7,10-14H2/t16-,17-,19-,20+,21-,22-/m1/s1. The molecule has 2 N–H and O–H groups in total. The fourth-order valence-electron chi connectivity index (χ4n) is 5.33. The zero-order chi connectivity index (χ0) is 22.0. The third kappa shape index (κ3) is 4.10. The average Bonchev–Trinajstić information content (AvgIpc) is 3.02. The van der Waals surface area contributed by atoms with E-state index in [4.69, 9.17) is 11.3 Å². The number of carbonyl (C=O) groups is 2. The summed E-state index contributed by atoms with van der Waals surface area (Å²) in [6, 6.07) is 9.39. The summed E-state index contributed by atoms with van der Waals surface area (Å²) < 4.78 is 0. The Hall–Kier alpha value is -2.69. The highest BCUT2D eigenvalue weighted by atomic mass is 16.6. The van der Waals surface area contributed by atoms with Gasteiger partial charge in [-0.1, -0.05) is 35.5 Å². The second-order valence-corrected chi connectivity index (χ2v) is 8.63. The van der Waals surface area contributed by atoms with Crippen LogP contribution in [0.3, 0.4) is 0 Å². The quantitative estimate of drug-likeness (QED) is 0.314. The molecule has 1 aromatic rings. The van der Waals surface area contributed by atoms with Crippen molar-refractivity contribution in [1.82, 2.24) is 4.90 Å². The number of terminal acetylenes is 1. The summed E-state index contributed by atoms with van der Waals surface area (Å²) in [4.78, 5) is 33.1. The lowest BCUT2D eigenvalue weighted by atomic mass is 9.60. The number of hydrogen-bond acceptors (Lipinski definition) is 6. The Bertz CT molecular complexity index is 893. The van der Waals surface area contributed by atoms with Crippen LogP contribution in [-0.2, 0) is 21.0 Å². The molecular weight excluding hydrogens is 396 g/mol. The Balaban J connectivity index is 1.55. The summed E-state index contributed by atoms with van der Waals surface area (Å²) in [6.45, 7) is 0.596. The maximum atomic E-state index is 13.3. The predicted molar refractivity (Wildman–Crippen MR) is 113 cm³/mol. The van der Waals surface area contributed by atoms with E-state index in [1.54, 1.807) is 0 Å². The van der Waals surface area contributed by atoms with E-state index < -0.39 is 30.0 Å². The minimum Gasteiger partial charge on any atom is -0.396 e. The van der Waals surface area contributed by atoms with Crippen LogP contribution in [-0.4, -0.2) is 51.5 Å². The molecule has 0 unspecified atom stereocenters. The van der Waals surface area contributed by atoms with Gasteiger partial charge in [-0.3, -0.25) is 14.5 Å². The lowest BCUT2D eigenvalue weighted by Gasteiger charge is -2.45. The molecule has 3 aliphatic rings. The number of likely N-dealkylation sites (tertiary alicyclic amines) is 1. The molecule has 0 spiro atoms. The first-order valence-corrected chi connectivity index (χ1v) is 10.9. The van der Waals surface area contributed by atoms with Gasteiger partial charge < -0.3 is 15.1 Å². The molecule has 1 saturated heterocycles. The number of rotatable bonds is 6. The maximum absolute atomic E-state index is 13.3. The molecule has 3 fully saturated rings. The minimum atomic E-state index is -1.08. The lowest BCUT2D eigenvalue weighted by molar-refractivity contribution is -0.142. The minimum absolute atomic E-state index is 0.186. The van der Waals surface area contributed by atoms with Gasteiger partial charge in [-0.25, -0.2) is 0 Å². The van der Waals surface area contributed by atoms with E-state index in [1.807, 2.05) is 30.3 Å². The third-order valence-corrected chi connectivity index (χ3v) is 6.79. The van der Waals surface area contributed by atoms with Crippen molar-refractivity contribution in [3.8, 4) is 12.3 Å². The van der Waals surface area contributed by atoms with E-state index in [2.05, 4.69) is 11.1 Å². The van der Waals surface area contributed by atoms with Crippen LogP contribution in [0, 0.1) is 36.0 Å². The summed E-state index contributed by atoms with van der Waals surface area (Å²) in [5.74, 6) is 0.239. The first-order chi connectivity index (χ1) is 15.0. The van der Waals surface area contributed by atoms with Crippen molar-refractivity contribution in [3.63, 3.8) is 0 Å². The van der Waals surface area contributed by atoms with E-state index in [9.17, 15) is 19.8 Å². The molecule has 7 nitrogen and oxygen atoms in total. The molecule has 31 heavy (non-hydrogen) atoms. The van der Waals surface area contributed by atoms with Gasteiger partial charge in [0.25, 0.3) is 0 Å². The first-order valence-electron chi connectivity index (χ1n) is 10.9. The van der Waals surface area contributed by atoms with Crippen molar-refractivity contribution in [1.29, 1.82) is 0 Å². The zero-order valence-corrected chi connectivity index (χ0v) is 17.4. The number of carbonyl (C=O) groups excluding carboxylic acids is 2. The van der Waals surface area contributed by atoms with Gasteiger partial charge in [-0.15, -0.1) is 12.3 Å². The Morgan fingerprint density at radius 1 is 1.13 bits per heavy atom. The second-order valence-electron chi connectivity index (χ2n) is 8.63. The molecular formula is C24H28N2O5. The summed E-state index contributed by atoms with van der Waals surface area (Å²) in [5.41, 5.74) is 1.54. The van der Waals surface area contributed by atoms with Crippen molar-refractivity contribution in [2.75, 3.05) is 6.61 Å². The highest BCUT2D eigenvalue weighted by Crippen LogP contribution is 2.49. The van der Waals surface area contributed by atoms with Crippen LogP contribution >= 0.6 is 0 Å². The Morgan fingerprint density at radius 2 is 1.87 bits per heavy atom. The van der Waals surface area contributed by atoms with Crippen LogP contribution < -0.4 is 0 Å². The summed E-state index contributed by atoms with van der Waals surface area (Å²) in [5, 5.41) is 25.5. The van der Waals surface area contributed by atoms with Crippen LogP contribution in [0.4, 0.5) is 0 Å². The number of aliphatic hydroxyl groups is 2. The molecule has 164 valence electrons. The average molecular weight is 424 g/mol. The SMILES string of the molecule is C#CCCCON=C1C[C@@H](O)[C@@H](O)[C@@H]2[C@@H]3C(=O)N(Cc4ccccc4)C(=O)[C@@H]3CC[C@H]12. The first kappa shape index (κ1) is 21.5. The molecule has 7 heteroatoms. The number of unbranched alkanes of at least 4 members (excludes halogenated alkanes) is 1. The molecule has 6 atom stereocenters. The molecule has 4 rings (SSSR count). The topological polar surface area (TPSA) is 99.4 Å². The van der Waals surface area contributed by atoms with E-state index in [-0.39, 0.29) is 30.7 Å². The van der Waals surface area contributed by atoms with Gasteiger partial charge in [-0.2, -0.15) is 0 Å². The number of benzene rings is 1. The van der Waals surface area contributed by atoms with Crippen molar-refractivity contribution >= 4 is 17.5 Å². The normalized spacial score (nSPS) is 33.7. The molecule has 0 radical (unpaired) electrons. The van der Waals surface area contributed by atoms with Gasteiger partial charge in [0.05, 0.1) is 36.3 Å². The van der Waals surface area contributed by atoms with Gasteiger partial charge >= 0.3 is 0 Å². The Labute approximate surface area is 182 Å². The molecule has 2 aliphatic carbocycles. The van der Waals surface area contributed by atoms with Gasteiger partial charge in [-0.05, 0) is 24.8 Å². The molecule has 2 amide bonds. The second kappa shape index (κ2) is 9.21. The largest absolute Gasteiger partial charge is 0.396 e. The number of oxime groups is 1. The van der Waals surface area contributed by atoms with E-state index in [0.29, 0.717) is 38.0 Å². The predicted octanol–water partition coefficient (Wildman–Crippen LogP) is 1.73. The maximum Gasteiger partial charge on any atom is 0.233 e. The van der Waals surface area contributed by atoms with E-state index in [0.717, 1.165) is 5.56 Å². The van der Waals surface area contributed by atoms with Crippen LogP contribution in [0.2, 0.25) is 0 Å². The van der Waals surface area contributed by atoms with Crippen molar-refractivity contribution < 1.29 is 24.6 Å². The molecule has 1 aliphatic heterocycles. The molecule has 1 aromatic carbocycles. The smallest absolute Gasteiger partial charge is 0.233 e. The van der Waals surface area contributed by atoms with Crippen molar-refractivity contribution in [2.45, 2.75) is 50.9 Å². The van der Waals surface area contributed by atoms with Crippen molar-refractivity contribution in [3.05, 3.63) is 35.9 Å². The molecule has 1 heterocycles. The Kier molecular flexibility index (Phi) is 6.40. The lowest BCUT2D eigenvalue weighted by Crippen LogP contribution is -2.54. The number of hydrogen-bond donors (Lipinski definition) is 2. The number of aliphatic hydroxyl groups excluding tert-OH is 2.